The first-order valence-electron chi connectivity index (χ1n) is 20.6. The first kappa shape index (κ1) is 33.4. The lowest BCUT2D eigenvalue weighted by molar-refractivity contribution is 0.249. The largest absolute Gasteiger partial charge is 0.208 e. The van der Waals surface area contributed by atoms with E-state index in [0.29, 0.717) is 17.5 Å². The summed E-state index contributed by atoms with van der Waals surface area (Å²) < 4.78 is 0. The first-order chi connectivity index (χ1) is 27.6. The van der Waals surface area contributed by atoms with Gasteiger partial charge in [0.25, 0.3) is 0 Å². The summed E-state index contributed by atoms with van der Waals surface area (Å²) in [5, 5.41) is 4.90. The molecule has 8 aromatic rings. The van der Waals surface area contributed by atoms with Gasteiger partial charge in [-0.25, -0.2) is 15.0 Å². The van der Waals surface area contributed by atoms with Crippen molar-refractivity contribution >= 4 is 21.5 Å². The Morgan fingerprint density at radius 3 is 1.84 bits per heavy atom. The second-order valence-electron chi connectivity index (χ2n) is 16.9. The van der Waals surface area contributed by atoms with Gasteiger partial charge in [-0.2, -0.15) is 0 Å². The van der Waals surface area contributed by atoms with Gasteiger partial charge < -0.3 is 0 Å². The lowest BCUT2D eigenvalue weighted by Gasteiger charge is -2.35. The Balaban J connectivity index is 1.01. The van der Waals surface area contributed by atoms with E-state index < -0.39 is 0 Å². The van der Waals surface area contributed by atoms with Crippen molar-refractivity contribution < 1.29 is 0 Å². The van der Waals surface area contributed by atoms with Crippen molar-refractivity contribution in [1.82, 2.24) is 15.0 Å². The molecule has 3 nitrogen and oxygen atoms in total. The van der Waals surface area contributed by atoms with Crippen LogP contribution in [0, 0.1) is 23.7 Å². The molecule has 2 bridgehead atoms. The average molecular weight is 724 g/mol. The first-order valence-corrected chi connectivity index (χ1v) is 20.6. The maximum Gasteiger partial charge on any atom is 0.164 e. The zero-order valence-electron chi connectivity index (χ0n) is 31.9. The Morgan fingerprint density at radius 2 is 1.09 bits per heavy atom. The molecule has 0 spiro atoms. The summed E-state index contributed by atoms with van der Waals surface area (Å²) in [5.74, 6) is 5.54. The van der Waals surface area contributed by atoms with Crippen molar-refractivity contribution in [3.63, 3.8) is 0 Å². The van der Waals surface area contributed by atoms with E-state index in [-0.39, 0.29) is 5.41 Å². The quantitative estimate of drug-likeness (QED) is 0.154. The fourth-order valence-corrected chi connectivity index (χ4v) is 11.2. The van der Waals surface area contributed by atoms with Gasteiger partial charge in [-0.1, -0.05) is 159 Å². The van der Waals surface area contributed by atoms with Gasteiger partial charge in [0.05, 0.1) is 0 Å². The van der Waals surface area contributed by atoms with Gasteiger partial charge >= 0.3 is 0 Å². The van der Waals surface area contributed by atoms with Crippen LogP contribution in [-0.2, 0) is 5.41 Å². The summed E-state index contributed by atoms with van der Waals surface area (Å²) in [6.07, 6.45) is 8.07. The molecule has 1 aromatic heterocycles. The highest BCUT2D eigenvalue weighted by atomic mass is 15.0. The van der Waals surface area contributed by atoms with E-state index in [1.807, 2.05) is 18.2 Å². The van der Waals surface area contributed by atoms with Crippen LogP contribution in [0.15, 0.2) is 158 Å². The van der Waals surface area contributed by atoms with Crippen molar-refractivity contribution in [3.8, 4) is 45.3 Å². The zero-order valence-corrected chi connectivity index (χ0v) is 31.9. The molecule has 1 heterocycles. The molecule has 4 atom stereocenters. The zero-order chi connectivity index (χ0) is 37.2. The summed E-state index contributed by atoms with van der Waals surface area (Å²) in [6.45, 7) is 2.48. The molecule has 0 saturated heterocycles. The van der Waals surface area contributed by atoms with Gasteiger partial charge in [0, 0.05) is 22.1 Å². The summed E-state index contributed by atoms with van der Waals surface area (Å²) >= 11 is 0. The average Bonchev–Trinajstić information content (AvgIpc) is 3.72. The molecule has 272 valence electrons. The Labute approximate surface area is 329 Å². The number of aromatic nitrogens is 3. The van der Waals surface area contributed by atoms with Gasteiger partial charge in [0.1, 0.15) is 0 Å². The molecule has 0 radical (unpaired) electrons. The van der Waals surface area contributed by atoms with Gasteiger partial charge in [-0.15, -0.1) is 0 Å². The molecule has 3 aliphatic carbocycles. The van der Waals surface area contributed by atoms with Crippen LogP contribution < -0.4 is 0 Å². The molecular formula is C53H45N3. The third kappa shape index (κ3) is 5.51. The SMILES string of the molecule is CC1CC2CC(CCC3(c4ccc(-c5nc(-c6ccccc6)nc(-c6ccc7c(ccc8ccccc87)c6)n5)cc4)c4ccccc4-c4ccccc43)C(C1)C2. The van der Waals surface area contributed by atoms with Gasteiger partial charge in [0.2, 0.25) is 0 Å². The van der Waals surface area contributed by atoms with E-state index in [1.54, 1.807) is 0 Å². The molecule has 11 rings (SSSR count). The Bertz CT molecular complexity index is 2710. The smallest absolute Gasteiger partial charge is 0.164 e. The number of benzene rings is 7. The second-order valence-corrected chi connectivity index (χ2v) is 16.9. The molecule has 3 heteroatoms. The Hall–Kier alpha value is -5.93. The van der Waals surface area contributed by atoms with Crippen LogP contribution in [-0.4, -0.2) is 15.0 Å². The summed E-state index contributed by atoms with van der Waals surface area (Å²) in [6, 6.07) is 57.5. The standard InChI is InChI=1S/C53H45N3/c1-34-29-35-31-39(42(30-34)32-35)27-28-53(48-17-9-7-15-46(48)47-16-8-10-18-49(47)53)43-24-21-38(22-25-43)51-54-50(37-12-3-2-4-13-37)55-52(56-51)41-23-26-45-40(33-41)20-19-36-11-5-6-14-44(36)45/h2-26,33-35,39,42H,27-32H2,1H3. The van der Waals surface area contributed by atoms with E-state index in [0.717, 1.165) is 46.8 Å². The minimum atomic E-state index is -0.206. The maximum atomic E-state index is 5.19. The van der Waals surface area contributed by atoms with Crippen LogP contribution in [0.2, 0.25) is 0 Å². The fraction of sp³-hybridized carbons (Fsp3) is 0.226. The molecule has 2 fully saturated rings. The third-order valence-electron chi connectivity index (χ3n) is 13.6. The molecule has 0 N–H and O–H groups in total. The van der Waals surface area contributed by atoms with Crippen molar-refractivity contribution in [3.05, 3.63) is 174 Å². The summed E-state index contributed by atoms with van der Waals surface area (Å²) in [5.41, 5.74) is 9.75. The van der Waals surface area contributed by atoms with Crippen molar-refractivity contribution in [2.75, 3.05) is 0 Å². The monoisotopic (exact) mass is 723 g/mol. The Morgan fingerprint density at radius 1 is 0.500 bits per heavy atom. The fourth-order valence-electron chi connectivity index (χ4n) is 11.2. The van der Waals surface area contributed by atoms with E-state index >= 15 is 0 Å². The predicted molar refractivity (Wildman–Crippen MR) is 230 cm³/mol. The number of hydrogen-bond acceptors (Lipinski definition) is 3. The predicted octanol–water partition coefficient (Wildman–Crippen LogP) is 13.3. The molecule has 2 saturated carbocycles. The third-order valence-corrected chi connectivity index (χ3v) is 13.6. The van der Waals surface area contributed by atoms with Crippen molar-refractivity contribution in [2.45, 2.75) is 50.9 Å². The van der Waals surface area contributed by atoms with Crippen LogP contribution in [0.4, 0.5) is 0 Å². The topological polar surface area (TPSA) is 38.7 Å². The molecule has 7 aromatic carbocycles. The maximum absolute atomic E-state index is 5.19. The molecule has 56 heavy (non-hydrogen) atoms. The number of fused-ring (bicyclic) bond motifs is 8. The molecular weight excluding hydrogens is 679 g/mol. The van der Waals surface area contributed by atoms with Crippen LogP contribution >= 0.6 is 0 Å². The lowest BCUT2D eigenvalue weighted by atomic mass is 9.67. The van der Waals surface area contributed by atoms with Gasteiger partial charge in [0.15, 0.2) is 17.5 Å². The van der Waals surface area contributed by atoms with Crippen LogP contribution in [0.3, 0.4) is 0 Å². The van der Waals surface area contributed by atoms with Gasteiger partial charge in [-0.3, -0.25) is 0 Å². The van der Waals surface area contributed by atoms with Gasteiger partial charge in [-0.05, 0) is 118 Å². The second kappa shape index (κ2) is 13.4. The van der Waals surface area contributed by atoms with E-state index in [9.17, 15) is 0 Å². The minimum absolute atomic E-state index is 0.206. The van der Waals surface area contributed by atoms with Crippen LogP contribution in [0.25, 0.3) is 66.8 Å². The van der Waals surface area contributed by atoms with Crippen molar-refractivity contribution in [1.29, 1.82) is 0 Å². The number of hydrogen-bond donors (Lipinski definition) is 0. The molecule has 0 amide bonds. The van der Waals surface area contributed by atoms with Crippen molar-refractivity contribution in [2.24, 2.45) is 23.7 Å². The van der Waals surface area contributed by atoms with Crippen LogP contribution in [0.1, 0.15) is 62.1 Å². The minimum Gasteiger partial charge on any atom is -0.208 e. The summed E-state index contributed by atoms with van der Waals surface area (Å²) in [4.78, 5) is 15.4. The lowest BCUT2D eigenvalue weighted by Crippen LogP contribution is -2.28. The van der Waals surface area contributed by atoms with E-state index in [4.69, 9.17) is 15.0 Å². The highest BCUT2D eigenvalue weighted by Crippen LogP contribution is 2.57. The van der Waals surface area contributed by atoms with E-state index in [1.165, 1.54) is 81.5 Å². The van der Waals surface area contributed by atoms with Crippen LogP contribution in [0.5, 0.6) is 0 Å². The highest BCUT2D eigenvalue weighted by Gasteiger charge is 2.46. The Kier molecular flexibility index (Phi) is 7.98. The molecule has 0 aliphatic heterocycles. The summed E-state index contributed by atoms with van der Waals surface area (Å²) in [7, 11) is 0. The van der Waals surface area contributed by atoms with E-state index in [2.05, 4.69) is 146 Å². The molecule has 4 unspecified atom stereocenters. The highest BCUT2D eigenvalue weighted by molar-refractivity contribution is 6.08. The number of nitrogens with zero attached hydrogens (tertiary/aromatic N) is 3. The normalized spacial score (nSPS) is 20.6. The molecule has 3 aliphatic rings. The number of rotatable bonds is 7.